The van der Waals surface area contributed by atoms with Gasteiger partial charge < -0.3 is 14.4 Å². The quantitative estimate of drug-likeness (QED) is 0.735. The second-order valence-electron chi connectivity index (χ2n) is 9.28. The van der Waals surface area contributed by atoms with E-state index in [9.17, 15) is 4.79 Å². The first kappa shape index (κ1) is 19.5. The van der Waals surface area contributed by atoms with E-state index in [1.165, 1.54) is 12.8 Å². The van der Waals surface area contributed by atoms with Crippen molar-refractivity contribution in [1.82, 2.24) is 14.8 Å². The van der Waals surface area contributed by atoms with Crippen LogP contribution in [0.3, 0.4) is 0 Å². The van der Waals surface area contributed by atoms with Crippen LogP contribution in [0.4, 0.5) is 0 Å². The summed E-state index contributed by atoms with van der Waals surface area (Å²) < 4.78 is 12.1. The van der Waals surface area contributed by atoms with Crippen molar-refractivity contribution in [3.05, 3.63) is 30.1 Å². The summed E-state index contributed by atoms with van der Waals surface area (Å²) in [6, 6.07) is 4.44. The van der Waals surface area contributed by atoms with Crippen molar-refractivity contribution in [2.45, 2.75) is 62.6 Å². The maximum atomic E-state index is 12.7. The highest BCUT2D eigenvalue weighted by atomic mass is 16.5. The molecule has 1 atom stereocenters. The Hall–Kier alpha value is -1.50. The van der Waals surface area contributed by atoms with Crippen LogP contribution < -0.4 is 0 Å². The first-order chi connectivity index (χ1) is 14.2. The number of carbonyl (C=O) groups excluding carboxylic acids is 1. The number of likely N-dealkylation sites (tertiary alicyclic amines) is 2. The Bertz CT molecular complexity index is 695. The summed E-state index contributed by atoms with van der Waals surface area (Å²) in [7, 11) is 0. The van der Waals surface area contributed by atoms with Gasteiger partial charge in [-0.2, -0.15) is 0 Å². The van der Waals surface area contributed by atoms with Crippen LogP contribution in [-0.4, -0.2) is 77.8 Å². The smallest absolute Gasteiger partial charge is 0.227 e. The molecule has 6 heteroatoms. The molecule has 3 saturated heterocycles. The molecule has 4 heterocycles. The summed E-state index contributed by atoms with van der Waals surface area (Å²) in [5.41, 5.74) is 1.18. The number of amides is 1. The van der Waals surface area contributed by atoms with Gasteiger partial charge in [0.15, 0.2) is 0 Å². The average Bonchev–Trinajstić information content (AvgIpc) is 3.59. The fourth-order valence-corrected chi connectivity index (χ4v) is 5.41. The van der Waals surface area contributed by atoms with Gasteiger partial charge >= 0.3 is 0 Å². The van der Waals surface area contributed by atoms with Gasteiger partial charge in [-0.25, -0.2) is 0 Å². The summed E-state index contributed by atoms with van der Waals surface area (Å²) in [4.78, 5) is 21.6. The number of nitrogens with zero attached hydrogens (tertiary/aromatic N) is 3. The molecular formula is C23H33N3O3. The van der Waals surface area contributed by atoms with Crippen LogP contribution in [0.25, 0.3) is 0 Å². The lowest BCUT2D eigenvalue weighted by atomic mass is 9.73. The van der Waals surface area contributed by atoms with Gasteiger partial charge in [-0.3, -0.25) is 14.7 Å². The Balaban J connectivity index is 1.16. The molecular weight excluding hydrogens is 366 g/mol. The Morgan fingerprint density at radius 2 is 2.00 bits per heavy atom. The molecule has 0 bridgehead atoms. The van der Waals surface area contributed by atoms with Crippen molar-refractivity contribution in [3.63, 3.8) is 0 Å². The fourth-order valence-electron chi connectivity index (χ4n) is 5.41. The number of hydrogen-bond donors (Lipinski definition) is 0. The van der Waals surface area contributed by atoms with E-state index in [-0.39, 0.29) is 11.4 Å². The number of aromatic nitrogens is 1. The molecule has 3 aliphatic heterocycles. The van der Waals surface area contributed by atoms with E-state index >= 15 is 0 Å². The molecule has 5 rings (SSSR count). The molecule has 158 valence electrons. The van der Waals surface area contributed by atoms with E-state index in [0.29, 0.717) is 18.6 Å². The molecule has 29 heavy (non-hydrogen) atoms. The molecule has 1 unspecified atom stereocenters. The van der Waals surface area contributed by atoms with Crippen LogP contribution in [0, 0.1) is 5.92 Å². The molecule has 1 amide bonds. The molecule has 1 aromatic heterocycles. The highest BCUT2D eigenvalue weighted by molar-refractivity contribution is 5.78. The van der Waals surface area contributed by atoms with Crippen molar-refractivity contribution in [3.8, 4) is 0 Å². The van der Waals surface area contributed by atoms with E-state index in [1.54, 1.807) is 12.4 Å². The van der Waals surface area contributed by atoms with Gasteiger partial charge in [0, 0.05) is 57.9 Å². The van der Waals surface area contributed by atoms with Gasteiger partial charge in [0.1, 0.15) is 0 Å². The minimum Gasteiger partial charge on any atom is -0.381 e. The maximum Gasteiger partial charge on any atom is 0.227 e. The molecule has 6 nitrogen and oxygen atoms in total. The van der Waals surface area contributed by atoms with Crippen LogP contribution in [0.1, 0.15) is 44.1 Å². The normalized spacial score (nSPS) is 27.7. The average molecular weight is 400 g/mol. The van der Waals surface area contributed by atoms with Crippen molar-refractivity contribution in [1.29, 1.82) is 0 Å². The molecule has 0 N–H and O–H groups in total. The van der Waals surface area contributed by atoms with E-state index in [2.05, 4.69) is 9.88 Å². The third-order valence-electron chi connectivity index (χ3n) is 7.46. The molecule has 4 aliphatic rings. The fraction of sp³-hybridized carbons (Fsp3) is 0.739. The lowest BCUT2D eigenvalue weighted by Crippen LogP contribution is -2.76. The number of ether oxygens (including phenoxy) is 2. The van der Waals surface area contributed by atoms with Gasteiger partial charge in [-0.1, -0.05) is 6.07 Å². The minimum absolute atomic E-state index is 0.180. The van der Waals surface area contributed by atoms with E-state index in [4.69, 9.17) is 9.47 Å². The third-order valence-corrected chi connectivity index (χ3v) is 7.46. The van der Waals surface area contributed by atoms with Crippen LogP contribution in [0.2, 0.25) is 0 Å². The van der Waals surface area contributed by atoms with Crippen LogP contribution in [0.5, 0.6) is 0 Å². The monoisotopic (exact) mass is 399 g/mol. The summed E-state index contributed by atoms with van der Waals surface area (Å²) in [6.45, 7) is 5.43. The second-order valence-corrected chi connectivity index (χ2v) is 9.28. The van der Waals surface area contributed by atoms with Crippen molar-refractivity contribution in [2.75, 3.05) is 39.5 Å². The van der Waals surface area contributed by atoms with Crippen molar-refractivity contribution >= 4 is 5.91 Å². The largest absolute Gasteiger partial charge is 0.381 e. The van der Waals surface area contributed by atoms with E-state index < -0.39 is 0 Å². The standard InChI is InChI=1S/C23H33N3O3/c27-22(14-19-2-1-9-24-15-19)25-10-5-20(6-11-25)26-16-21(29-17-18-3-4-18)23(26)7-12-28-13-8-23/h1-2,9,15,18,20-21H,3-8,10-14,16-17H2. The first-order valence-corrected chi connectivity index (χ1v) is 11.4. The van der Waals surface area contributed by atoms with Gasteiger partial charge in [0.05, 0.1) is 18.1 Å². The predicted octanol–water partition coefficient (Wildman–Crippen LogP) is 2.28. The topological polar surface area (TPSA) is 54.9 Å². The zero-order valence-corrected chi connectivity index (χ0v) is 17.3. The lowest BCUT2D eigenvalue weighted by Gasteiger charge is -2.63. The van der Waals surface area contributed by atoms with Gasteiger partial charge in [0.25, 0.3) is 0 Å². The molecule has 1 aromatic rings. The lowest BCUT2D eigenvalue weighted by molar-refractivity contribution is -0.217. The Morgan fingerprint density at radius 1 is 1.21 bits per heavy atom. The van der Waals surface area contributed by atoms with Gasteiger partial charge in [-0.15, -0.1) is 0 Å². The summed E-state index contributed by atoms with van der Waals surface area (Å²) in [6.07, 6.45) is 11.4. The zero-order chi connectivity index (χ0) is 19.7. The summed E-state index contributed by atoms with van der Waals surface area (Å²) >= 11 is 0. The van der Waals surface area contributed by atoms with Crippen molar-refractivity contribution in [2.24, 2.45) is 5.92 Å². The molecule has 4 fully saturated rings. The highest BCUT2D eigenvalue weighted by Crippen LogP contribution is 2.45. The first-order valence-electron chi connectivity index (χ1n) is 11.4. The molecule has 1 aliphatic carbocycles. The number of piperidine rings is 1. The Morgan fingerprint density at radius 3 is 2.69 bits per heavy atom. The summed E-state index contributed by atoms with van der Waals surface area (Å²) in [5.74, 6) is 1.04. The SMILES string of the molecule is O=C(Cc1cccnc1)N1CCC(N2CC(OCC3CC3)C23CCOCC3)CC1. The van der Waals surface area contributed by atoms with Crippen LogP contribution in [-0.2, 0) is 20.7 Å². The van der Waals surface area contributed by atoms with E-state index in [0.717, 1.165) is 76.6 Å². The number of hydrogen-bond acceptors (Lipinski definition) is 5. The third kappa shape index (κ3) is 4.07. The van der Waals surface area contributed by atoms with Crippen LogP contribution >= 0.6 is 0 Å². The molecule has 0 aromatic carbocycles. The van der Waals surface area contributed by atoms with Gasteiger partial charge in [-0.05, 0) is 56.1 Å². The molecule has 1 spiro atoms. The number of rotatable bonds is 6. The second kappa shape index (κ2) is 8.32. The van der Waals surface area contributed by atoms with Crippen molar-refractivity contribution < 1.29 is 14.3 Å². The zero-order valence-electron chi connectivity index (χ0n) is 17.3. The Kier molecular flexibility index (Phi) is 5.59. The Labute approximate surface area is 173 Å². The van der Waals surface area contributed by atoms with Crippen LogP contribution in [0.15, 0.2) is 24.5 Å². The number of pyridine rings is 1. The molecule has 1 saturated carbocycles. The highest BCUT2D eigenvalue weighted by Gasteiger charge is 2.57. The van der Waals surface area contributed by atoms with E-state index in [1.807, 2.05) is 17.0 Å². The van der Waals surface area contributed by atoms with Gasteiger partial charge in [0.2, 0.25) is 5.91 Å². The number of carbonyl (C=O) groups is 1. The predicted molar refractivity (Wildman–Crippen MR) is 109 cm³/mol. The molecule has 0 radical (unpaired) electrons. The maximum absolute atomic E-state index is 12.7. The minimum atomic E-state index is 0.180. The summed E-state index contributed by atoms with van der Waals surface area (Å²) in [5, 5.41) is 0.